The first-order valence-electron chi connectivity index (χ1n) is 6.05. The standard InChI is InChI=1S/C14H15N3O3/c1-16(9-10-6-4-3-5-7-10)13(18)11-8-15-17(2)12(11)14(19)20/h3-8H,9H2,1-2H3,(H,19,20). The molecule has 0 aliphatic rings. The smallest absolute Gasteiger partial charge is 0.354 e. The third-order valence-corrected chi connectivity index (χ3v) is 2.98. The van der Waals surface area contributed by atoms with Crippen molar-refractivity contribution in [3.8, 4) is 0 Å². The first-order valence-corrected chi connectivity index (χ1v) is 6.05. The molecule has 0 bridgehead atoms. The lowest BCUT2D eigenvalue weighted by molar-refractivity contribution is 0.0669. The highest BCUT2D eigenvalue weighted by Crippen LogP contribution is 2.12. The molecule has 1 aromatic carbocycles. The van der Waals surface area contributed by atoms with Crippen molar-refractivity contribution in [2.24, 2.45) is 7.05 Å². The lowest BCUT2D eigenvalue weighted by Crippen LogP contribution is -2.27. The maximum atomic E-state index is 12.3. The Labute approximate surface area is 116 Å². The number of aryl methyl sites for hydroxylation is 1. The van der Waals surface area contributed by atoms with Crippen molar-refractivity contribution in [3.05, 3.63) is 53.3 Å². The first kappa shape index (κ1) is 13.8. The van der Waals surface area contributed by atoms with Gasteiger partial charge in [0.15, 0.2) is 5.69 Å². The second-order valence-electron chi connectivity index (χ2n) is 4.48. The normalized spacial score (nSPS) is 10.3. The SMILES string of the molecule is CN(Cc1ccccc1)C(=O)c1cnn(C)c1C(=O)O. The van der Waals surface area contributed by atoms with Gasteiger partial charge in [-0.15, -0.1) is 0 Å². The summed E-state index contributed by atoms with van der Waals surface area (Å²) in [6.45, 7) is 0.410. The zero-order valence-corrected chi connectivity index (χ0v) is 11.3. The lowest BCUT2D eigenvalue weighted by atomic mass is 10.2. The van der Waals surface area contributed by atoms with Gasteiger partial charge in [-0.25, -0.2) is 4.79 Å². The zero-order valence-electron chi connectivity index (χ0n) is 11.3. The Morgan fingerprint density at radius 3 is 2.55 bits per heavy atom. The Bertz CT molecular complexity index is 634. The summed E-state index contributed by atoms with van der Waals surface area (Å²) in [5, 5.41) is 13.0. The molecule has 0 spiro atoms. The van der Waals surface area contributed by atoms with Crippen molar-refractivity contribution in [1.29, 1.82) is 0 Å². The number of aromatic carboxylic acids is 1. The molecular weight excluding hydrogens is 258 g/mol. The van der Waals surface area contributed by atoms with E-state index in [0.717, 1.165) is 5.56 Å². The molecular formula is C14H15N3O3. The molecule has 1 heterocycles. The van der Waals surface area contributed by atoms with E-state index in [1.165, 1.54) is 22.8 Å². The monoisotopic (exact) mass is 273 g/mol. The molecule has 2 rings (SSSR count). The number of carbonyl (C=O) groups is 2. The van der Waals surface area contributed by atoms with Gasteiger partial charge in [-0.2, -0.15) is 5.10 Å². The number of amides is 1. The van der Waals surface area contributed by atoms with E-state index in [0.29, 0.717) is 6.54 Å². The van der Waals surface area contributed by atoms with Crippen LogP contribution in [0.1, 0.15) is 26.4 Å². The molecule has 0 unspecified atom stereocenters. The molecule has 2 aromatic rings. The summed E-state index contributed by atoms with van der Waals surface area (Å²) in [5.41, 5.74) is 0.970. The summed E-state index contributed by atoms with van der Waals surface area (Å²) in [5.74, 6) is -1.53. The van der Waals surface area contributed by atoms with Crippen LogP contribution in [0.25, 0.3) is 0 Å². The molecule has 20 heavy (non-hydrogen) atoms. The topological polar surface area (TPSA) is 75.4 Å². The second kappa shape index (κ2) is 5.56. The number of carbonyl (C=O) groups excluding carboxylic acids is 1. The number of hydrogen-bond donors (Lipinski definition) is 1. The van der Waals surface area contributed by atoms with Crippen molar-refractivity contribution < 1.29 is 14.7 Å². The molecule has 6 nitrogen and oxygen atoms in total. The Morgan fingerprint density at radius 1 is 1.30 bits per heavy atom. The van der Waals surface area contributed by atoms with Gasteiger partial charge in [0, 0.05) is 20.6 Å². The number of benzene rings is 1. The molecule has 0 saturated carbocycles. The summed E-state index contributed by atoms with van der Waals surface area (Å²) < 4.78 is 1.19. The van der Waals surface area contributed by atoms with E-state index < -0.39 is 5.97 Å². The van der Waals surface area contributed by atoms with E-state index in [4.69, 9.17) is 5.11 Å². The van der Waals surface area contributed by atoms with Crippen LogP contribution in [-0.2, 0) is 13.6 Å². The minimum absolute atomic E-state index is 0.0958. The first-order chi connectivity index (χ1) is 9.50. The van der Waals surface area contributed by atoms with E-state index in [9.17, 15) is 9.59 Å². The molecule has 0 atom stereocenters. The van der Waals surface area contributed by atoms with E-state index >= 15 is 0 Å². The zero-order chi connectivity index (χ0) is 14.7. The summed E-state index contributed by atoms with van der Waals surface area (Å²) >= 11 is 0. The van der Waals surface area contributed by atoms with E-state index in [2.05, 4.69) is 5.10 Å². The van der Waals surface area contributed by atoms with E-state index in [1.807, 2.05) is 30.3 Å². The number of rotatable bonds is 4. The lowest BCUT2D eigenvalue weighted by Gasteiger charge is -2.16. The van der Waals surface area contributed by atoms with Crippen molar-refractivity contribution in [1.82, 2.24) is 14.7 Å². The van der Waals surface area contributed by atoms with Gasteiger partial charge in [0.2, 0.25) is 0 Å². The second-order valence-corrected chi connectivity index (χ2v) is 4.48. The molecule has 0 aliphatic heterocycles. The van der Waals surface area contributed by atoms with Crippen LogP contribution in [0.5, 0.6) is 0 Å². The maximum absolute atomic E-state index is 12.3. The van der Waals surface area contributed by atoms with Crippen LogP contribution in [0.4, 0.5) is 0 Å². The predicted molar refractivity (Wildman–Crippen MR) is 72.4 cm³/mol. The quantitative estimate of drug-likeness (QED) is 0.913. The summed E-state index contributed by atoms with van der Waals surface area (Å²) in [7, 11) is 3.13. The minimum Gasteiger partial charge on any atom is -0.477 e. The molecule has 1 amide bonds. The van der Waals surface area contributed by atoms with Gasteiger partial charge < -0.3 is 10.0 Å². The van der Waals surface area contributed by atoms with Crippen LogP contribution in [0.2, 0.25) is 0 Å². The van der Waals surface area contributed by atoms with Gasteiger partial charge in [-0.3, -0.25) is 9.48 Å². The number of aromatic nitrogens is 2. The molecule has 1 N–H and O–H groups in total. The van der Waals surface area contributed by atoms with Crippen molar-refractivity contribution in [2.75, 3.05) is 7.05 Å². The van der Waals surface area contributed by atoms with E-state index in [1.54, 1.807) is 7.05 Å². The van der Waals surface area contributed by atoms with Crippen LogP contribution >= 0.6 is 0 Å². The molecule has 0 fully saturated rings. The van der Waals surface area contributed by atoms with E-state index in [-0.39, 0.29) is 17.2 Å². The van der Waals surface area contributed by atoms with Gasteiger partial charge in [-0.05, 0) is 5.56 Å². The average Bonchev–Trinajstić information content (AvgIpc) is 2.81. The third kappa shape index (κ3) is 2.69. The Morgan fingerprint density at radius 2 is 1.95 bits per heavy atom. The maximum Gasteiger partial charge on any atom is 0.354 e. The molecule has 1 aromatic heterocycles. The van der Waals surface area contributed by atoms with Gasteiger partial charge in [-0.1, -0.05) is 30.3 Å². The predicted octanol–water partition coefficient (Wildman–Crippen LogP) is 1.39. The number of hydrogen-bond acceptors (Lipinski definition) is 3. The van der Waals surface area contributed by atoms with Crippen molar-refractivity contribution >= 4 is 11.9 Å². The number of carboxylic acids is 1. The Hall–Kier alpha value is -2.63. The van der Waals surface area contributed by atoms with Crippen molar-refractivity contribution in [3.63, 3.8) is 0 Å². The fraction of sp³-hybridized carbons (Fsp3) is 0.214. The number of nitrogens with zero attached hydrogens (tertiary/aromatic N) is 3. The van der Waals surface area contributed by atoms with Crippen LogP contribution in [-0.4, -0.2) is 38.7 Å². The van der Waals surface area contributed by atoms with Crippen LogP contribution < -0.4 is 0 Å². The van der Waals surface area contributed by atoms with Gasteiger partial charge in [0.25, 0.3) is 5.91 Å². The molecule has 0 aliphatic carbocycles. The highest BCUT2D eigenvalue weighted by atomic mass is 16.4. The largest absolute Gasteiger partial charge is 0.477 e. The van der Waals surface area contributed by atoms with Crippen LogP contribution in [0, 0.1) is 0 Å². The minimum atomic E-state index is -1.17. The van der Waals surface area contributed by atoms with Gasteiger partial charge >= 0.3 is 5.97 Å². The molecule has 6 heteroatoms. The highest BCUT2D eigenvalue weighted by molar-refractivity contribution is 6.03. The fourth-order valence-electron chi connectivity index (χ4n) is 1.98. The molecule has 0 saturated heterocycles. The fourth-order valence-corrected chi connectivity index (χ4v) is 1.98. The average molecular weight is 273 g/mol. The van der Waals surface area contributed by atoms with Crippen molar-refractivity contribution in [2.45, 2.75) is 6.54 Å². The highest BCUT2D eigenvalue weighted by Gasteiger charge is 2.23. The Balaban J connectivity index is 2.21. The van der Waals surface area contributed by atoms with Crippen LogP contribution in [0.15, 0.2) is 36.5 Å². The third-order valence-electron chi connectivity index (χ3n) is 2.98. The van der Waals surface area contributed by atoms with Gasteiger partial charge in [0.1, 0.15) is 0 Å². The summed E-state index contributed by atoms with van der Waals surface area (Å²) in [6, 6.07) is 9.49. The molecule has 104 valence electrons. The Kier molecular flexibility index (Phi) is 3.84. The van der Waals surface area contributed by atoms with Gasteiger partial charge in [0.05, 0.1) is 11.8 Å². The molecule has 0 radical (unpaired) electrons. The van der Waals surface area contributed by atoms with Crippen LogP contribution in [0.3, 0.4) is 0 Å². The number of carboxylic acid groups (broad SMARTS) is 1. The summed E-state index contributed by atoms with van der Waals surface area (Å²) in [6.07, 6.45) is 1.28. The summed E-state index contributed by atoms with van der Waals surface area (Å²) in [4.78, 5) is 24.9.